The average molecular weight is 636 g/mol. The fraction of sp³-hybridized carbons (Fsp3) is 1.00. The van der Waals surface area contributed by atoms with Gasteiger partial charge >= 0.3 is 0 Å². The standard InChI is InChI=1S/2C9H18.2C8H17N.C7H15NO/c4*1-8(2)9-6-4-3-5-7-9;1-7(2)8-3-5-9-6-4-8/h2*8-9H,3-7H2,1-2H3;2*8H,3-7H2,1-2H3;7H,3-6H2,1-2H3. The summed E-state index contributed by atoms with van der Waals surface area (Å²) in [7, 11) is 0. The minimum atomic E-state index is 0.689. The third kappa shape index (κ3) is 21.4. The predicted molar refractivity (Wildman–Crippen MR) is 201 cm³/mol. The number of rotatable bonds is 5. The van der Waals surface area contributed by atoms with E-state index in [2.05, 4.69) is 83.9 Å². The molecule has 0 spiro atoms. The second-order valence-electron chi connectivity index (χ2n) is 16.4. The molecule has 3 saturated heterocycles. The highest BCUT2D eigenvalue weighted by Gasteiger charge is 2.17. The van der Waals surface area contributed by atoms with Gasteiger partial charge in [-0.1, -0.05) is 105 Å². The summed E-state index contributed by atoms with van der Waals surface area (Å²) in [5.74, 6) is 3.98. The lowest BCUT2D eigenvalue weighted by molar-refractivity contribution is 0.0238. The molecule has 0 radical (unpaired) electrons. The van der Waals surface area contributed by atoms with Crippen molar-refractivity contribution in [2.75, 3.05) is 52.5 Å². The van der Waals surface area contributed by atoms with Gasteiger partial charge in [-0.25, -0.2) is 0 Å². The summed E-state index contributed by atoms with van der Waals surface area (Å²) >= 11 is 0. The van der Waals surface area contributed by atoms with Crippen LogP contribution >= 0.6 is 0 Å². The fourth-order valence-electron chi connectivity index (χ4n) is 7.57. The molecule has 4 nitrogen and oxygen atoms in total. The molecule has 0 aromatic rings. The summed E-state index contributed by atoms with van der Waals surface area (Å²) in [6.07, 6.45) is 23.5. The molecule has 3 aliphatic heterocycles. The van der Waals surface area contributed by atoms with Crippen molar-refractivity contribution in [2.45, 2.75) is 190 Å². The van der Waals surface area contributed by atoms with E-state index in [0.717, 1.165) is 62.1 Å². The Balaban J connectivity index is 0.000000281. The average Bonchev–Trinajstić information content (AvgIpc) is 3.08. The Morgan fingerprint density at radius 3 is 0.822 bits per heavy atom. The maximum absolute atomic E-state index is 5.21. The number of hydrogen-bond acceptors (Lipinski definition) is 4. The molecule has 5 aliphatic rings. The first-order valence-electron chi connectivity index (χ1n) is 20.3. The summed E-state index contributed by atoms with van der Waals surface area (Å²) in [5.41, 5.74) is 0. The molecule has 0 amide bonds. The van der Waals surface area contributed by atoms with E-state index < -0.39 is 0 Å². The van der Waals surface area contributed by atoms with E-state index in [1.807, 2.05) is 0 Å². The zero-order chi connectivity index (χ0) is 33.5. The summed E-state index contributed by atoms with van der Waals surface area (Å²) in [4.78, 5) is 7.55. The number of morpholine rings is 1. The summed E-state index contributed by atoms with van der Waals surface area (Å²) in [6, 6.07) is 2.23. The highest BCUT2D eigenvalue weighted by Crippen LogP contribution is 2.30. The molecule has 0 atom stereocenters. The van der Waals surface area contributed by atoms with Gasteiger partial charge in [0.1, 0.15) is 0 Å². The van der Waals surface area contributed by atoms with Crippen molar-refractivity contribution in [2.24, 2.45) is 23.7 Å². The van der Waals surface area contributed by atoms with E-state index >= 15 is 0 Å². The molecule has 0 aromatic heterocycles. The van der Waals surface area contributed by atoms with Gasteiger partial charge in [-0.2, -0.15) is 0 Å². The van der Waals surface area contributed by atoms with Gasteiger partial charge in [-0.3, -0.25) is 4.90 Å². The van der Waals surface area contributed by atoms with Crippen LogP contribution in [0.5, 0.6) is 0 Å². The van der Waals surface area contributed by atoms with Gasteiger partial charge in [0, 0.05) is 31.2 Å². The lowest BCUT2D eigenvalue weighted by Gasteiger charge is -2.29. The van der Waals surface area contributed by atoms with Gasteiger partial charge in [0.15, 0.2) is 0 Å². The first kappa shape index (κ1) is 42.9. The van der Waals surface area contributed by atoms with E-state index in [9.17, 15) is 0 Å². The Morgan fingerprint density at radius 2 is 0.622 bits per heavy atom. The molecule has 0 N–H and O–H groups in total. The second kappa shape index (κ2) is 26.8. The molecule has 0 unspecified atom stereocenters. The fourth-order valence-corrected chi connectivity index (χ4v) is 7.57. The van der Waals surface area contributed by atoms with E-state index in [-0.39, 0.29) is 0 Å². The van der Waals surface area contributed by atoms with Gasteiger partial charge in [0.05, 0.1) is 13.2 Å². The van der Waals surface area contributed by atoms with Crippen LogP contribution in [0.2, 0.25) is 0 Å². The van der Waals surface area contributed by atoms with Crippen LogP contribution in [0.15, 0.2) is 0 Å². The number of likely N-dealkylation sites (tertiary alicyclic amines) is 2. The second-order valence-corrected chi connectivity index (χ2v) is 16.4. The van der Waals surface area contributed by atoms with Gasteiger partial charge in [-0.15, -0.1) is 0 Å². The topological polar surface area (TPSA) is 19.0 Å². The van der Waals surface area contributed by atoms with Crippen molar-refractivity contribution in [3.05, 3.63) is 0 Å². The van der Waals surface area contributed by atoms with Crippen LogP contribution < -0.4 is 0 Å². The Kier molecular flexibility index (Phi) is 25.5. The van der Waals surface area contributed by atoms with Crippen molar-refractivity contribution < 1.29 is 4.74 Å². The lowest BCUT2D eigenvalue weighted by atomic mass is 9.82. The van der Waals surface area contributed by atoms with Crippen molar-refractivity contribution in [3.63, 3.8) is 0 Å². The van der Waals surface area contributed by atoms with Crippen molar-refractivity contribution in [1.82, 2.24) is 14.7 Å². The van der Waals surface area contributed by atoms with E-state index in [1.54, 1.807) is 0 Å². The molecule has 5 rings (SSSR count). The molecule has 2 saturated carbocycles. The first-order valence-corrected chi connectivity index (χ1v) is 20.3. The Labute approximate surface area is 285 Å². The van der Waals surface area contributed by atoms with E-state index in [1.165, 1.54) is 129 Å². The van der Waals surface area contributed by atoms with Crippen molar-refractivity contribution >= 4 is 0 Å². The zero-order valence-electron chi connectivity index (χ0n) is 32.8. The molecule has 5 fully saturated rings. The van der Waals surface area contributed by atoms with Crippen LogP contribution in [0.1, 0.15) is 172 Å². The molecular weight excluding hydrogens is 550 g/mol. The van der Waals surface area contributed by atoms with Crippen LogP contribution in [0.25, 0.3) is 0 Å². The van der Waals surface area contributed by atoms with Crippen LogP contribution in [-0.2, 0) is 4.74 Å². The molecule has 3 heterocycles. The normalized spacial score (nSPS) is 23.0. The van der Waals surface area contributed by atoms with E-state index in [0.29, 0.717) is 6.04 Å². The van der Waals surface area contributed by atoms with Crippen molar-refractivity contribution in [3.8, 4) is 0 Å². The molecule has 0 aromatic carbocycles. The highest BCUT2D eigenvalue weighted by atomic mass is 16.5. The maximum Gasteiger partial charge on any atom is 0.0594 e. The van der Waals surface area contributed by atoms with Crippen LogP contribution in [-0.4, -0.2) is 85.3 Å². The molecule has 0 bridgehead atoms. The smallest absolute Gasteiger partial charge is 0.0594 e. The monoisotopic (exact) mass is 636 g/mol. The number of hydrogen-bond donors (Lipinski definition) is 0. The molecule has 270 valence electrons. The molecule has 4 heteroatoms. The lowest BCUT2D eigenvalue weighted by Crippen LogP contribution is -2.40. The Morgan fingerprint density at radius 1 is 0.356 bits per heavy atom. The zero-order valence-corrected chi connectivity index (χ0v) is 32.8. The number of piperidine rings is 2. The summed E-state index contributed by atoms with van der Waals surface area (Å²) < 4.78 is 5.21. The van der Waals surface area contributed by atoms with Crippen LogP contribution in [0.3, 0.4) is 0 Å². The van der Waals surface area contributed by atoms with Crippen molar-refractivity contribution in [1.29, 1.82) is 0 Å². The number of ether oxygens (including phenoxy) is 1. The third-order valence-corrected chi connectivity index (χ3v) is 11.2. The minimum Gasteiger partial charge on any atom is -0.379 e. The van der Waals surface area contributed by atoms with Gasteiger partial charge in [-0.05, 0) is 117 Å². The molecular formula is C41H85N3O. The summed E-state index contributed by atoms with van der Waals surface area (Å²) in [5, 5.41) is 0. The van der Waals surface area contributed by atoms with Gasteiger partial charge < -0.3 is 14.5 Å². The van der Waals surface area contributed by atoms with E-state index in [4.69, 9.17) is 4.74 Å². The van der Waals surface area contributed by atoms with Gasteiger partial charge in [0.2, 0.25) is 0 Å². The minimum absolute atomic E-state index is 0.689. The highest BCUT2D eigenvalue weighted by molar-refractivity contribution is 4.70. The Bertz CT molecular complexity index is 491. The van der Waals surface area contributed by atoms with Crippen LogP contribution in [0.4, 0.5) is 0 Å². The molecule has 2 aliphatic carbocycles. The first-order chi connectivity index (χ1) is 21.5. The number of nitrogens with zero attached hydrogens (tertiary/aromatic N) is 3. The van der Waals surface area contributed by atoms with Gasteiger partial charge in [0.25, 0.3) is 0 Å². The summed E-state index contributed by atoms with van der Waals surface area (Å²) in [6.45, 7) is 32.4. The molecule has 45 heavy (non-hydrogen) atoms. The largest absolute Gasteiger partial charge is 0.379 e. The maximum atomic E-state index is 5.21. The Hall–Kier alpha value is -0.160. The SMILES string of the molecule is CC(C)C1CCCCC1.CC(C)C1CCCCC1.CC(C)N1CCCCC1.CC(C)N1CCCCC1.CC(C)N1CCOCC1. The van der Waals surface area contributed by atoms with Crippen LogP contribution in [0, 0.1) is 23.7 Å². The third-order valence-electron chi connectivity index (χ3n) is 11.2. The quantitative estimate of drug-likeness (QED) is 0.299. The predicted octanol–water partition coefficient (Wildman–Crippen LogP) is 10.9.